The minimum atomic E-state index is -0.853. The standard InChI is InChI=1S/C15H16N2O3/c1-10-9-12(11-5-3-4-6-13(11)20-2)17-14(16-10)7-8-15(18)19/h3-6,9H,7-8H2,1-2H3,(H,18,19). The number of aliphatic carboxylic acids is 1. The number of hydrogen-bond acceptors (Lipinski definition) is 4. The van der Waals surface area contributed by atoms with Crippen molar-refractivity contribution in [3.8, 4) is 17.0 Å². The number of rotatable bonds is 5. The summed E-state index contributed by atoms with van der Waals surface area (Å²) in [6, 6.07) is 9.45. The number of nitrogens with zero attached hydrogens (tertiary/aromatic N) is 2. The zero-order valence-corrected chi connectivity index (χ0v) is 11.5. The molecule has 0 saturated carbocycles. The Morgan fingerprint density at radius 1 is 1.30 bits per heavy atom. The highest BCUT2D eigenvalue weighted by molar-refractivity contribution is 5.68. The quantitative estimate of drug-likeness (QED) is 0.905. The number of benzene rings is 1. The Bertz CT molecular complexity index is 626. The lowest BCUT2D eigenvalue weighted by Gasteiger charge is -2.09. The molecule has 0 spiro atoms. The van der Waals surface area contributed by atoms with E-state index in [1.165, 1.54) is 0 Å². The average molecular weight is 272 g/mol. The van der Waals surface area contributed by atoms with Gasteiger partial charge in [0.25, 0.3) is 0 Å². The van der Waals surface area contributed by atoms with Gasteiger partial charge in [0.2, 0.25) is 0 Å². The predicted octanol–water partition coefficient (Wildman–Crippen LogP) is 2.48. The molecule has 1 aromatic heterocycles. The van der Waals surface area contributed by atoms with Crippen molar-refractivity contribution in [3.05, 3.63) is 41.9 Å². The Morgan fingerprint density at radius 2 is 2.05 bits per heavy atom. The van der Waals surface area contributed by atoms with Crippen LogP contribution in [-0.2, 0) is 11.2 Å². The molecule has 0 saturated heterocycles. The van der Waals surface area contributed by atoms with E-state index in [0.29, 0.717) is 12.2 Å². The topological polar surface area (TPSA) is 72.3 Å². The van der Waals surface area contributed by atoms with E-state index in [0.717, 1.165) is 22.7 Å². The minimum Gasteiger partial charge on any atom is -0.496 e. The largest absolute Gasteiger partial charge is 0.496 e. The highest BCUT2D eigenvalue weighted by atomic mass is 16.5. The van der Waals surface area contributed by atoms with E-state index in [1.807, 2.05) is 37.3 Å². The van der Waals surface area contributed by atoms with Crippen molar-refractivity contribution >= 4 is 5.97 Å². The summed E-state index contributed by atoms with van der Waals surface area (Å²) in [6.07, 6.45) is 0.341. The van der Waals surface area contributed by atoms with Gasteiger partial charge in [-0.15, -0.1) is 0 Å². The number of carboxylic acid groups (broad SMARTS) is 1. The normalized spacial score (nSPS) is 10.3. The van der Waals surface area contributed by atoms with Crippen LogP contribution in [0.25, 0.3) is 11.3 Å². The summed E-state index contributed by atoms with van der Waals surface area (Å²) in [5.41, 5.74) is 2.42. The Balaban J connectivity index is 2.38. The van der Waals surface area contributed by atoms with Crippen LogP contribution >= 0.6 is 0 Å². The molecule has 0 aliphatic heterocycles. The van der Waals surface area contributed by atoms with Gasteiger partial charge < -0.3 is 9.84 Å². The number of hydrogen-bond donors (Lipinski definition) is 1. The molecular formula is C15H16N2O3. The van der Waals surface area contributed by atoms with Crippen molar-refractivity contribution in [2.45, 2.75) is 19.8 Å². The molecule has 0 radical (unpaired) electrons. The molecule has 0 amide bonds. The van der Waals surface area contributed by atoms with E-state index in [4.69, 9.17) is 9.84 Å². The molecule has 2 aromatic rings. The highest BCUT2D eigenvalue weighted by Gasteiger charge is 2.10. The first-order chi connectivity index (χ1) is 9.60. The van der Waals surface area contributed by atoms with E-state index >= 15 is 0 Å². The van der Waals surface area contributed by atoms with Crippen molar-refractivity contribution in [2.75, 3.05) is 7.11 Å². The van der Waals surface area contributed by atoms with Crippen molar-refractivity contribution in [2.24, 2.45) is 0 Å². The van der Waals surface area contributed by atoms with E-state index in [-0.39, 0.29) is 6.42 Å². The third-order valence-electron chi connectivity index (χ3n) is 2.85. The van der Waals surface area contributed by atoms with E-state index in [9.17, 15) is 4.79 Å². The maximum absolute atomic E-state index is 10.6. The molecule has 0 aliphatic rings. The molecular weight excluding hydrogens is 256 g/mol. The summed E-state index contributed by atoms with van der Waals surface area (Å²) < 4.78 is 5.32. The fourth-order valence-electron chi connectivity index (χ4n) is 1.95. The maximum atomic E-state index is 10.6. The van der Waals surface area contributed by atoms with Crippen LogP contribution in [0.3, 0.4) is 0 Å². The van der Waals surface area contributed by atoms with Crippen molar-refractivity contribution in [3.63, 3.8) is 0 Å². The van der Waals surface area contributed by atoms with Crippen LogP contribution in [0.2, 0.25) is 0 Å². The van der Waals surface area contributed by atoms with Crippen molar-refractivity contribution < 1.29 is 14.6 Å². The van der Waals surface area contributed by atoms with E-state index < -0.39 is 5.97 Å². The fourth-order valence-corrected chi connectivity index (χ4v) is 1.95. The summed E-state index contributed by atoms with van der Waals surface area (Å²) in [6.45, 7) is 1.87. The summed E-state index contributed by atoms with van der Waals surface area (Å²) in [4.78, 5) is 19.3. The van der Waals surface area contributed by atoms with Gasteiger partial charge >= 0.3 is 5.97 Å². The zero-order valence-electron chi connectivity index (χ0n) is 11.5. The second-order valence-corrected chi connectivity index (χ2v) is 4.40. The Hall–Kier alpha value is -2.43. The monoisotopic (exact) mass is 272 g/mol. The zero-order chi connectivity index (χ0) is 14.5. The summed E-state index contributed by atoms with van der Waals surface area (Å²) in [7, 11) is 1.61. The molecule has 0 unspecified atom stereocenters. The predicted molar refractivity (Wildman–Crippen MR) is 74.7 cm³/mol. The first-order valence-corrected chi connectivity index (χ1v) is 6.30. The number of para-hydroxylation sites is 1. The van der Waals surface area contributed by atoms with Gasteiger partial charge in [0.1, 0.15) is 11.6 Å². The number of carbonyl (C=O) groups is 1. The van der Waals surface area contributed by atoms with E-state index in [1.54, 1.807) is 7.11 Å². The van der Waals surface area contributed by atoms with Crippen LogP contribution in [0.1, 0.15) is 17.9 Å². The second-order valence-electron chi connectivity index (χ2n) is 4.40. The summed E-state index contributed by atoms with van der Waals surface area (Å²) in [5, 5.41) is 8.74. The van der Waals surface area contributed by atoms with Crippen LogP contribution in [0, 0.1) is 6.92 Å². The lowest BCUT2D eigenvalue weighted by molar-refractivity contribution is -0.137. The molecule has 0 bridgehead atoms. The fraction of sp³-hybridized carbons (Fsp3) is 0.267. The van der Waals surface area contributed by atoms with E-state index in [2.05, 4.69) is 9.97 Å². The van der Waals surface area contributed by atoms with Gasteiger partial charge in [-0.05, 0) is 25.1 Å². The van der Waals surface area contributed by atoms with Gasteiger partial charge in [-0.3, -0.25) is 4.79 Å². The number of ether oxygens (including phenoxy) is 1. The number of methoxy groups -OCH3 is 1. The van der Waals surface area contributed by atoms with Gasteiger partial charge in [0, 0.05) is 17.7 Å². The average Bonchev–Trinajstić information content (AvgIpc) is 2.44. The highest BCUT2D eigenvalue weighted by Crippen LogP contribution is 2.28. The molecule has 0 fully saturated rings. The number of aromatic nitrogens is 2. The van der Waals surface area contributed by atoms with Crippen LogP contribution in [0.15, 0.2) is 30.3 Å². The van der Waals surface area contributed by atoms with Crippen LogP contribution in [-0.4, -0.2) is 28.2 Å². The van der Waals surface area contributed by atoms with Crippen LogP contribution in [0.4, 0.5) is 0 Å². The molecule has 1 aromatic carbocycles. The molecule has 1 N–H and O–H groups in total. The molecule has 2 rings (SSSR count). The molecule has 20 heavy (non-hydrogen) atoms. The van der Waals surface area contributed by atoms with Crippen LogP contribution in [0.5, 0.6) is 5.75 Å². The van der Waals surface area contributed by atoms with Gasteiger partial charge in [-0.2, -0.15) is 0 Å². The first kappa shape index (κ1) is 14.0. The van der Waals surface area contributed by atoms with Gasteiger partial charge in [0.15, 0.2) is 0 Å². The smallest absolute Gasteiger partial charge is 0.303 e. The molecule has 0 aliphatic carbocycles. The second kappa shape index (κ2) is 6.14. The Labute approximate surface area is 117 Å². The Morgan fingerprint density at radius 3 is 2.75 bits per heavy atom. The van der Waals surface area contributed by atoms with Crippen LogP contribution < -0.4 is 4.74 Å². The van der Waals surface area contributed by atoms with Crippen molar-refractivity contribution in [1.29, 1.82) is 0 Å². The van der Waals surface area contributed by atoms with Crippen molar-refractivity contribution in [1.82, 2.24) is 9.97 Å². The summed E-state index contributed by atoms with van der Waals surface area (Å²) >= 11 is 0. The molecule has 5 nitrogen and oxygen atoms in total. The first-order valence-electron chi connectivity index (χ1n) is 6.30. The Kier molecular flexibility index (Phi) is 4.30. The molecule has 1 heterocycles. The lowest BCUT2D eigenvalue weighted by Crippen LogP contribution is -2.04. The van der Waals surface area contributed by atoms with Gasteiger partial charge in [-0.1, -0.05) is 12.1 Å². The van der Waals surface area contributed by atoms with Gasteiger partial charge in [-0.25, -0.2) is 9.97 Å². The molecule has 5 heteroatoms. The summed E-state index contributed by atoms with van der Waals surface area (Å²) in [5.74, 6) is 0.414. The lowest BCUT2D eigenvalue weighted by atomic mass is 10.1. The third-order valence-corrected chi connectivity index (χ3v) is 2.85. The number of aryl methyl sites for hydroxylation is 2. The van der Waals surface area contributed by atoms with Gasteiger partial charge in [0.05, 0.1) is 19.2 Å². The molecule has 0 atom stereocenters. The SMILES string of the molecule is COc1ccccc1-c1cc(C)nc(CCC(=O)O)n1. The molecule has 104 valence electrons. The maximum Gasteiger partial charge on any atom is 0.303 e. The third kappa shape index (κ3) is 3.32. The number of carboxylic acids is 1. The minimum absolute atomic E-state index is 0.0226.